The van der Waals surface area contributed by atoms with E-state index < -0.39 is 5.97 Å². The second-order valence-electron chi connectivity index (χ2n) is 6.14. The molecule has 2 nitrogen and oxygen atoms in total. The summed E-state index contributed by atoms with van der Waals surface area (Å²) < 4.78 is 0. The van der Waals surface area contributed by atoms with Crippen molar-refractivity contribution in [3.63, 3.8) is 0 Å². The number of benzene rings is 1. The van der Waals surface area contributed by atoms with Crippen molar-refractivity contribution in [2.24, 2.45) is 17.3 Å². The SMILES string of the molecule is CC1(C)C(C(=O)O)C1C1(c2ccccc2)CC1. The van der Waals surface area contributed by atoms with E-state index in [4.69, 9.17) is 0 Å². The molecule has 0 amide bonds. The Morgan fingerprint density at radius 3 is 2.24 bits per heavy atom. The zero-order chi connectivity index (χ0) is 12.3. The molecule has 3 rings (SSSR count). The molecule has 2 atom stereocenters. The van der Waals surface area contributed by atoms with Crippen LogP contribution in [0.5, 0.6) is 0 Å². The van der Waals surface area contributed by atoms with Crippen LogP contribution in [0.1, 0.15) is 32.3 Å². The minimum atomic E-state index is -0.623. The summed E-state index contributed by atoms with van der Waals surface area (Å²) in [6.45, 7) is 4.19. The molecule has 0 spiro atoms. The average Bonchev–Trinajstić information content (AvgIpc) is 3.15. The van der Waals surface area contributed by atoms with E-state index in [9.17, 15) is 9.90 Å². The highest BCUT2D eigenvalue weighted by atomic mass is 16.4. The van der Waals surface area contributed by atoms with Crippen LogP contribution in [0, 0.1) is 17.3 Å². The second kappa shape index (κ2) is 3.12. The van der Waals surface area contributed by atoms with Crippen molar-refractivity contribution in [2.75, 3.05) is 0 Å². The van der Waals surface area contributed by atoms with Crippen LogP contribution in [0.25, 0.3) is 0 Å². The maximum absolute atomic E-state index is 11.3. The van der Waals surface area contributed by atoms with E-state index in [0.29, 0.717) is 5.92 Å². The van der Waals surface area contributed by atoms with Gasteiger partial charge in [-0.25, -0.2) is 0 Å². The highest BCUT2D eigenvalue weighted by molar-refractivity contribution is 5.76. The van der Waals surface area contributed by atoms with Gasteiger partial charge in [0.25, 0.3) is 0 Å². The van der Waals surface area contributed by atoms with Crippen molar-refractivity contribution < 1.29 is 9.90 Å². The molecular weight excluding hydrogens is 212 g/mol. The first-order valence-electron chi connectivity index (χ1n) is 6.28. The Bertz CT molecular complexity index is 457. The lowest BCUT2D eigenvalue weighted by molar-refractivity contribution is -0.139. The maximum Gasteiger partial charge on any atom is 0.307 e. The molecule has 0 radical (unpaired) electrons. The van der Waals surface area contributed by atoms with E-state index in [2.05, 4.69) is 38.1 Å². The highest BCUT2D eigenvalue weighted by Gasteiger charge is 2.73. The molecule has 0 aliphatic heterocycles. The van der Waals surface area contributed by atoms with Crippen molar-refractivity contribution >= 4 is 5.97 Å². The average molecular weight is 230 g/mol. The summed E-state index contributed by atoms with van der Waals surface area (Å²) in [5.74, 6) is -0.470. The summed E-state index contributed by atoms with van der Waals surface area (Å²) in [4.78, 5) is 11.3. The number of aliphatic carboxylic acids is 1. The lowest BCUT2D eigenvalue weighted by Gasteiger charge is -2.17. The molecule has 90 valence electrons. The van der Waals surface area contributed by atoms with Crippen LogP contribution in [-0.4, -0.2) is 11.1 Å². The predicted octanol–water partition coefficient (Wildman–Crippen LogP) is 3.08. The molecule has 2 fully saturated rings. The third-order valence-corrected chi connectivity index (χ3v) is 4.83. The molecule has 1 aromatic rings. The van der Waals surface area contributed by atoms with Crippen LogP contribution < -0.4 is 0 Å². The fraction of sp³-hybridized carbons (Fsp3) is 0.533. The Morgan fingerprint density at radius 2 is 1.82 bits per heavy atom. The van der Waals surface area contributed by atoms with Gasteiger partial charge in [-0.15, -0.1) is 0 Å². The highest BCUT2D eigenvalue weighted by Crippen LogP contribution is 2.73. The van der Waals surface area contributed by atoms with Gasteiger partial charge in [-0.2, -0.15) is 0 Å². The minimum absolute atomic E-state index is 0.0435. The molecule has 2 heteroatoms. The Hall–Kier alpha value is -1.31. The Morgan fingerprint density at radius 1 is 1.24 bits per heavy atom. The van der Waals surface area contributed by atoms with Gasteiger partial charge in [0.2, 0.25) is 0 Å². The molecule has 1 N–H and O–H groups in total. The van der Waals surface area contributed by atoms with Gasteiger partial charge >= 0.3 is 5.97 Å². The molecule has 0 bridgehead atoms. The van der Waals surface area contributed by atoms with Crippen LogP contribution in [0.15, 0.2) is 30.3 Å². The summed E-state index contributed by atoms with van der Waals surface area (Å²) in [5.41, 5.74) is 1.45. The van der Waals surface area contributed by atoms with Crippen LogP contribution in [0.4, 0.5) is 0 Å². The van der Waals surface area contributed by atoms with E-state index in [0.717, 1.165) is 12.8 Å². The fourth-order valence-electron chi connectivity index (χ4n) is 3.81. The molecule has 2 saturated carbocycles. The summed E-state index contributed by atoms with van der Waals surface area (Å²) in [6.07, 6.45) is 2.30. The van der Waals surface area contributed by atoms with Crippen molar-refractivity contribution in [2.45, 2.75) is 32.1 Å². The Kier molecular flexibility index (Phi) is 1.99. The Labute approximate surface area is 102 Å². The summed E-state index contributed by atoms with van der Waals surface area (Å²) in [6, 6.07) is 10.4. The van der Waals surface area contributed by atoms with Gasteiger partial charge in [-0.1, -0.05) is 44.2 Å². The molecule has 1 aromatic carbocycles. The quantitative estimate of drug-likeness (QED) is 0.866. The van der Waals surface area contributed by atoms with E-state index >= 15 is 0 Å². The molecule has 0 saturated heterocycles. The van der Waals surface area contributed by atoms with Crippen molar-refractivity contribution in [3.8, 4) is 0 Å². The monoisotopic (exact) mass is 230 g/mol. The first kappa shape index (κ1) is 10.8. The number of carboxylic acids is 1. The second-order valence-corrected chi connectivity index (χ2v) is 6.14. The van der Waals surface area contributed by atoms with Crippen LogP contribution in [-0.2, 0) is 10.2 Å². The number of carbonyl (C=O) groups is 1. The molecular formula is C15H18O2. The van der Waals surface area contributed by atoms with Crippen molar-refractivity contribution in [3.05, 3.63) is 35.9 Å². The lowest BCUT2D eigenvalue weighted by Crippen LogP contribution is -2.14. The van der Waals surface area contributed by atoms with E-state index in [-0.39, 0.29) is 16.7 Å². The fourth-order valence-corrected chi connectivity index (χ4v) is 3.81. The minimum Gasteiger partial charge on any atom is -0.481 e. The molecule has 0 heterocycles. The Balaban J connectivity index is 1.94. The van der Waals surface area contributed by atoms with Gasteiger partial charge < -0.3 is 5.11 Å². The first-order valence-corrected chi connectivity index (χ1v) is 6.28. The first-order chi connectivity index (χ1) is 8.00. The third kappa shape index (κ3) is 1.36. The zero-order valence-corrected chi connectivity index (χ0v) is 10.3. The zero-order valence-electron chi connectivity index (χ0n) is 10.3. The summed E-state index contributed by atoms with van der Waals surface area (Å²) in [5, 5.41) is 9.30. The predicted molar refractivity (Wildman–Crippen MR) is 65.8 cm³/mol. The van der Waals surface area contributed by atoms with E-state index in [1.54, 1.807) is 0 Å². The molecule has 17 heavy (non-hydrogen) atoms. The topological polar surface area (TPSA) is 37.3 Å². The smallest absolute Gasteiger partial charge is 0.307 e. The standard InChI is InChI=1S/C15H18O2/c1-14(2)11(13(16)17)12(14)15(8-9-15)10-6-4-3-5-7-10/h3-7,11-12H,8-9H2,1-2H3,(H,16,17). The van der Waals surface area contributed by atoms with Gasteiger partial charge in [0.05, 0.1) is 5.92 Å². The molecule has 2 aliphatic carbocycles. The van der Waals surface area contributed by atoms with Crippen molar-refractivity contribution in [1.82, 2.24) is 0 Å². The normalized spacial score (nSPS) is 31.9. The lowest BCUT2D eigenvalue weighted by atomic mass is 9.87. The van der Waals surface area contributed by atoms with Crippen LogP contribution in [0.2, 0.25) is 0 Å². The molecule has 2 unspecified atom stereocenters. The maximum atomic E-state index is 11.3. The van der Waals surface area contributed by atoms with Gasteiger partial charge in [-0.3, -0.25) is 4.79 Å². The van der Waals surface area contributed by atoms with Gasteiger partial charge in [0, 0.05) is 0 Å². The van der Waals surface area contributed by atoms with E-state index in [1.165, 1.54) is 5.56 Å². The number of carboxylic acid groups (broad SMARTS) is 1. The molecule has 2 aliphatic rings. The summed E-state index contributed by atoms with van der Waals surface area (Å²) >= 11 is 0. The van der Waals surface area contributed by atoms with Gasteiger partial charge in [0.15, 0.2) is 0 Å². The summed E-state index contributed by atoms with van der Waals surface area (Å²) in [7, 11) is 0. The van der Waals surface area contributed by atoms with Crippen molar-refractivity contribution in [1.29, 1.82) is 0 Å². The number of rotatable bonds is 3. The van der Waals surface area contributed by atoms with Crippen LogP contribution >= 0.6 is 0 Å². The van der Waals surface area contributed by atoms with Crippen LogP contribution in [0.3, 0.4) is 0 Å². The van der Waals surface area contributed by atoms with E-state index in [1.807, 2.05) is 6.07 Å². The van der Waals surface area contributed by atoms with Gasteiger partial charge in [0.1, 0.15) is 0 Å². The number of hydrogen-bond donors (Lipinski definition) is 1. The number of hydrogen-bond acceptors (Lipinski definition) is 1. The third-order valence-electron chi connectivity index (χ3n) is 4.83. The van der Waals surface area contributed by atoms with Gasteiger partial charge in [-0.05, 0) is 35.2 Å². The largest absolute Gasteiger partial charge is 0.481 e. The molecule has 0 aromatic heterocycles.